The molecule has 1 aliphatic heterocycles. The molecule has 0 amide bonds. The second-order valence-corrected chi connectivity index (χ2v) is 6.79. The molecule has 0 bridgehead atoms. The van der Waals surface area contributed by atoms with Crippen molar-refractivity contribution in [3.8, 4) is 0 Å². The van der Waals surface area contributed by atoms with Gasteiger partial charge in [-0.15, -0.1) is 0 Å². The van der Waals surface area contributed by atoms with Crippen LogP contribution in [0.5, 0.6) is 0 Å². The molecule has 0 N–H and O–H groups in total. The van der Waals surface area contributed by atoms with Crippen molar-refractivity contribution in [1.82, 2.24) is 0 Å². The van der Waals surface area contributed by atoms with E-state index in [1.165, 1.54) is 19.3 Å². The fourth-order valence-electron chi connectivity index (χ4n) is 2.85. The van der Waals surface area contributed by atoms with Crippen molar-refractivity contribution in [3.63, 3.8) is 0 Å². The molecule has 0 unspecified atom stereocenters. The summed E-state index contributed by atoms with van der Waals surface area (Å²) in [6.45, 7) is 0. The standard InChI is InChI=1S/C10H18O2S/c11-13(12)8-4-7-10(13)9-5-2-1-3-6-9/h9-10H,1-8H2/t10-/m1/s1. The maximum absolute atomic E-state index is 11.7. The summed E-state index contributed by atoms with van der Waals surface area (Å²) in [5.74, 6) is 0.954. The molecule has 13 heavy (non-hydrogen) atoms. The molecular weight excluding hydrogens is 184 g/mol. The van der Waals surface area contributed by atoms with Crippen molar-refractivity contribution in [2.45, 2.75) is 50.2 Å². The molecule has 2 nitrogen and oxygen atoms in total. The maximum atomic E-state index is 11.7. The molecule has 3 heteroatoms. The lowest BCUT2D eigenvalue weighted by molar-refractivity contribution is 0.338. The zero-order valence-corrected chi connectivity index (χ0v) is 8.85. The second kappa shape index (κ2) is 3.60. The van der Waals surface area contributed by atoms with Crippen LogP contribution in [0, 0.1) is 5.92 Å². The van der Waals surface area contributed by atoms with Crippen LogP contribution in [-0.4, -0.2) is 19.4 Å². The smallest absolute Gasteiger partial charge is 0.153 e. The maximum Gasteiger partial charge on any atom is 0.153 e. The Balaban J connectivity index is 2.07. The lowest BCUT2D eigenvalue weighted by Crippen LogP contribution is -2.27. The fourth-order valence-corrected chi connectivity index (χ4v) is 5.11. The molecule has 0 aromatic rings. The van der Waals surface area contributed by atoms with Crippen LogP contribution in [0.15, 0.2) is 0 Å². The average Bonchev–Trinajstić information content (AvgIpc) is 2.47. The molecule has 0 spiro atoms. The van der Waals surface area contributed by atoms with E-state index in [0.717, 1.165) is 25.7 Å². The van der Waals surface area contributed by atoms with Gasteiger partial charge in [-0.1, -0.05) is 19.3 Å². The average molecular weight is 202 g/mol. The highest BCUT2D eigenvalue weighted by molar-refractivity contribution is 7.92. The van der Waals surface area contributed by atoms with Crippen molar-refractivity contribution < 1.29 is 8.42 Å². The highest BCUT2D eigenvalue weighted by Crippen LogP contribution is 2.35. The summed E-state index contributed by atoms with van der Waals surface area (Å²) in [6.07, 6.45) is 7.96. The monoisotopic (exact) mass is 202 g/mol. The molecule has 0 aromatic heterocycles. The molecule has 76 valence electrons. The Morgan fingerprint density at radius 3 is 2.08 bits per heavy atom. The first-order chi connectivity index (χ1) is 6.20. The van der Waals surface area contributed by atoms with Crippen LogP contribution in [-0.2, 0) is 9.84 Å². The molecule has 1 saturated carbocycles. The Hall–Kier alpha value is -0.0500. The van der Waals surface area contributed by atoms with Crippen molar-refractivity contribution in [2.24, 2.45) is 5.92 Å². The zero-order chi connectivity index (χ0) is 9.31. The van der Waals surface area contributed by atoms with Gasteiger partial charge in [0, 0.05) is 0 Å². The highest BCUT2D eigenvalue weighted by atomic mass is 32.2. The van der Waals surface area contributed by atoms with E-state index in [0.29, 0.717) is 11.7 Å². The number of rotatable bonds is 1. The van der Waals surface area contributed by atoms with E-state index in [4.69, 9.17) is 0 Å². The number of hydrogen-bond acceptors (Lipinski definition) is 2. The van der Waals surface area contributed by atoms with Crippen molar-refractivity contribution in [3.05, 3.63) is 0 Å². The molecule has 0 aromatic carbocycles. The Morgan fingerprint density at radius 2 is 1.54 bits per heavy atom. The van der Waals surface area contributed by atoms with E-state index >= 15 is 0 Å². The summed E-state index contributed by atoms with van der Waals surface area (Å²) in [5, 5.41) is 0.0350. The third-order valence-corrected chi connectivity index (χ3v) is 5.96. The molecule has 1 aliphatic carbocycles. The molecule has 2 fully saturated rings. The predicted octanol–water partition coefficient (Wildman–Crippen LogP) is 2.14. The summed E-state index contributed by atoms with van der Waals surface area (Å²) >= 11 is 0. The van der Waals surface area contributed by atoms with Crippen LogP contribution in [0.25, 0.3) is 0 Å². The summed E-state index contributed by atoms with van der Waals surface area (Å²) in [6, 6.07) is 0. The summed E-state index contributed by atoms with van der Waals surface area (Å²) in [4.78, 5) is 0. The molecule has 1 saturated heterocycles. The lowest BCUT2D eigenvalue weighted by atomic mass is 9.85. The quantitative estimate of drug-likeness (QED) is 0.653. The van der Waals surface area contributed by atoms with Gasteiger partial charge in [0.2, 0.25) is 0 Å². The van der Waals surface area contributed by atoms with Gasteiger partial charge in [-0.3, -0.25) is 0 Å². The van der Waals surface area contributed by atoms with Crippen LogP contribution in [0.2, 0.25) is 0 Å². The first-order valence-corrected chi connectivity index (χ1v) is 7.13. The van der Waals surface area contributed by atoms with E-state index in [-0.39, 0.29) is 5.25 Å². The first kappa shape index (κ1) is 9.50. The molecule has 1 atom stereocenters. The van der Waals surface area contributed by atoms with E-state index in [9.17, 15) is 8.42 Å². The Bertz CT molecular complexity index is 263. The molecule has 0 radical (unpaired) electrons. The molecule has 1 heterocycles. The highest BCUT2D eigenvalue weighted by Gasteiger charge is 2.37. The Morgan fingerprint density at radius 1 is 0.846 bits per heavy atom. The lowest BCUT2D eigenvalue weighted by Gasteiger charge is -2.26. The van der Waals surface area contributed by atoms with Crippen LogP contribution >= 0.6 is 0 Å². The van der Waals surface area contributed by atoms with Gasteiger partial charge < -0.3 is 0 Å². The molecule has 2 aliphatic rings. The SMILES string of the molecule is O=S1(=O)CCC[C@@H]1C1CCCCC1. The van der Waals surface area contributed by atoms with Gasteiger partial charge in [0.1, 0.15) is 0 Å². The van der Waals surface area contributed by atoms with E-state index in [1.54, 1.807) is 0 Å². The minimum atomic E-state index is -2.69. The van der Waals surface area contributed by atoms with Gasteiger partial charge in [0.15, 0.2) is 9.84 Å². The largest absolute Gasteiger partial charge is 0.229 e. The van der Waals surface area contributed by atoms with E-state index < -0.39 is 9.84 Å². The summed E-state index contributed by atoms with van der Waals surface area (Å²) in [5.41, 5.74) is 0. The van der Waals surface area contributed by atoms with Crippen LogP contribution < -0.4 is 0 Å². The Labute approximate surface area is 80.6 Å². The van der Waals surface area contributed by atoms with Gasteiger partial charge in [-0.05, 0) is 31.6 Å². The third kappa shape index (κ3) is 1.90. The van der Waals surface area contributed by atoms with Crippen LogP contribution in [0.1, 0.15) is 44.9 Å². The minimum absolute atomic E-state index is 0.0350. The van der Waals surface area contributed by atoms with Crippen molar-refractivity contribution in [1.29, 1.82) is 0 Å². The normalized spacial score (nSPS) is 34.9. The van der Waals surface area contributed by atoms with E-state index in [1.807, 2.05) is 0 Å². The summed E-state index contributed by atoms with van der Waals surface area (Å²) < 4.78 is 23.3. The minimum Gasteiger partial charge on any atom is -0.229 e. The Kier molecular flexibility index (Phi) is 2.63. The third-order valence-electron chi connectivity index (χ3n) is 3.55. The zero-order valence-electron chi connectivity index (χ0n) is 8.04. The van der Waals surface area contributed by atoms with Gasteiger partial charge in [0.25, 0.3) is 0 Å². The second-order valence-electron chi connectivity index (χ2n) is 4.45. The predicted molar refractivity (Wildman–Crippen MR) is 53.4 cm³/mol. The number of hydrogen-bond donors (Lipinski definition) is 0. The number of sulfone groups is 1. The van der Waals surface area contributed by atoms with Gasteiger partial charge in [0.05, 0.1) is 11.0 Å². The topological polar surface area (TPSA) is 34.1 Å². The van der Waals surface area contributed by atoms with Gasteiger partial charge in [-0.2, -0.15) is 0 Å². The van der Waals surface area contributed by atoms with Crippen molar-refractivity contribution >= 4 is 9.84 Å². The first-order valence-electron chi connectivity index (χ1n) is 5.42. The van der Waals surface area contributed by atoms with Crippen LogP contribution in [0.4, 0.5) is 0 Å². The van der Waals surface area contributed by atoms with Crippen molar-refractivity contribution in [2.75, 3.05) is 5.75 Å². The molecular formula is C10H18O2S. The molecule has 2 rings (SSSR count). The van der Waals surface area contributed by atoms with E-state index in [2.05, 4.69) is 0 Å². The van der Waals surface area contributed by atoms with Gasteiger partial charge >= 0.3 is 0 Å². The van der Waals surface area contributed by atoms with Gasteiger partial charge in [-0.25, -0.2) is 8.42 Å². The fraction of sp³-hybridized carbons (Fsp3) is 1.00. The summed E-state index contributed by atoms with van der Waals surface area (Å²) in [7, 11) is -2.69. The van der Waals surface area contributed by atoms with Crippen LogP contribution in [0.3, 0.4) is 0 Å².